The van der Waals surface area contributed by atoms with E-state index in [0.717, 1.165) is 11.1 Å². The fraction of sp³-hybridized carbons (Fsp3) is 0.188. The second-order valence-corrected chi connectivity index (χ2v) is 5.23. The zero-order valence-corrected chi connectivity index (χ0v) is 13.2. The molecule has 2 N–H and O–H groups in total. The molecule has 0 aliphatic heterocycles. The van der Waals surface area contributed by atoms with E-state index in [4.69, 9.17) is 17.0 Å². The van der Waals surface area contributed by atoms with Crippen LogP contribution in [0.15, 0.2) is 42.6 Å². The van der Waals surface area contributed by atoms with Gasteiger partial charge in [0.2, 0.25) is 0 Å². The molecule has 0 fully saturated rings. The van der Waals surface area contributed by atoms with Crippen LogP contribution in [0.5, 0.6) is 5.75 Å². The van der Waals surface area contributed by atoms with Crippen molar-refractivity contribution in [2.45, 2.75) is 13.8 Å². The molecule has 1 aromatic heterocycles. The summed E-state index contributed by atoms with van der Waals surface area (Å²) in [6.45, 7) is 3.83. The van der Waals surface area contributed by atoms with Crippen LogP contribution in [0.25, 0.3) is 0 Å². The smallest absolute Gasteiger partial charge is 0.264 e. The first-order valence-electron chi connectivity index (χ1n) is 6.76. The van der Waals surface area contributed by atoms with Crippen molar-refractivity contribution >= 4 is 29.1 Å². The Labute approximate surface area is 134 Å². The predicted octanol–water partition coefficient (Wildman–Crippen LogP) is 2.59. The zero-order valence-electron chi connectivity index (χ0n) is 12.4. The summed E-state index contributed by atoms with van der Waals surface area (Å²) < 4.78 is 5.38. The average molecular weight is 315 g/mol. The molecule has 0 aliphatic rings. The summed E-state index contributed by atoms with van der Waals surface area (Å²) in [5.41, 5.74) is 2.18. The second kappa shape index (κ2) is 7.51. The lowest BCUT2D eigenvalue weighted by Gasteiger charge is -2.10. The number of hydrogen-bond donors (Lipinski definition) is 2. The van der Waals surface area contributed by atoms with Gasteiger partial charge in [0.05, 0.1) is 0 Å². The van der Waals surface area contributed by atoms with Crippen molar-refractivity contribution in [2.24, 2.45) is 0 Å². The monoisotopic (exact) mass is 315 g/mol. The second-order valence-electron chi connectivity index (χ2n) is 4.82. The van der Waals surface area contributed by atoms with Crippen molar-refractivity contribution in [3.63, 3.8) is 0 Å². The maximum absolute atomic E-state index is 11.8. The summed E-state index contributed by atoms with van der Waals surface area (Å²) in [7, 11) is 0. The Morgan fingerprint density at radius 1 is 1.18 bits per heavy atom. The minimum absolute atomic E-state index is 0.105. The highest BCUT2D eigenvalue weighted by molar-refractivity contribution is 7.80. The van der Waals surface area contributed by atoms with Crippen LogP contribution in [-0.4, -0.2) is 22.6 Å². The molecule has 1 amide bonds. The summed E-state index contributed by atoms with van der Waals surface area (Å²) in [4.78, 5) is 15.9. The number of carbonyl (C=O) groups excluding carboxylic acids is 1. The van der Waals surface area contributed by atoms with Gasteiger partial charge in [0.1, 0.15) is 11.6 Å². The Bertz CT molecular complexity index is 671. The number of carbonyl (C=O) groups is 1. The number of thiocarbonyl (C=S) groups is 1. The summed E-state index contributed by atoms with van der Waals surface area (Å²) in [6, 6.07) is 11.2. The average Bonchev–Trinajstić information content (AvgIpc) is 2.46. The van der Waals surface area contributed by atoms with Crippen LogP contribution in [0.1, 0.15) is 11.1 Å². The van der Waals surface area contributed by atoms with Crippen molar-refractivity contribution in [1.29, 1.82) is 0 Å². The van der Waals surface area contributed by atoms with Gasteiger partial charge in [0.25, 0.3) is 5.91 Å². The molecule has 0 radical (unpaired) electrons. The van der Waals surface area contributed by atoms with E-state index in [1.165, 1.54) is 0 Å². The molecular formula is C16H17N3O2S. The number of nitrogens with zero attached hydrogens (tertiary/aromatic N) is 1. The molecule has 0 spiro atoms. The quantitative estimate of drug-likeness (QED) is 0.849. The van der Waals surface area contributed by atoms with E-state index in [9.17, 15) is 4.79 Å². The molecule has 22 heavy (non-hydrogen) atoms. The highest BCUT2D eigenvalue weighted by atomic mass is 32.1. The lowest BCUT2D eigenvalue weighted by atomic mass is 10.2. The fourth-order valence-corrected chi connectivity index (χ4v) is 1.92. The third-order valence-electron chi connectivity index (χ3n) is 2.80. The molecule has 2 aromatic rings. The van der Waals surface area contributed by atoms with Gasteiger partial charge in [-0.05, 0) is 55.9 Å². The van der Waals surface area contributed by atoms with Crippen LogP contribution in [0.4, 0.5) is 5.82 Å². The van der Waals surface area contributed by atoms with Gasteiger partial charge in [-0.2, -0.15) is 0 Å². The molecule has 0 atom stereocenters. The molecule has 114 valence electrons. The van der Waals surface area contributed by atoms with E-state index >= 15 is 0 Å². The first-order chi connectivity index (χ1) is 10.5. The lowest BCUT2D eigenvalue weighted by molar-refractivity contribution is -0.121. The lowest BCUT2D eigenvalue weighted by Crippen LogP contribution is -2.37. The van der Waals surface area contributed by atoms with Crippen LogP contribution < -0.4 is 15.4 Å². The molecule has 0 unspecified atom stereocenters. The Morgan fingerprint density at radius 3 is 2.59 bits per heavy atom. The number of amides is 1. The Morgan fingerprint density at radius 2 is 1.91 bits per heavy atom. The van der Waals surface area contributed by atoms with Crippen LogP contribution in [-0.2, 0) is 4.79 Å². The largest absolute Gasteiger partial charge is 0.484 e. The van der Waals surface area contributed by atoms with Gasteiger partial charge in [0.15, 0.2) is 11.7 Å². The van der Waals surface area contributed by atoms with Gasteiger partial charge in [0, 0.05) is 6.20 Å². The van der Waals surface area contributed by atoms with Crippen LogP contribution in [0.2, 0.25) is 0 Å². The Balaban J connectivity index is 1.79. The molecule has 0 bridgehead atoms. The van der Waals surface area contributed by atoms with Crippen LogP contribution in [0.3, 0.4) is 0 Å². The number of ether oxygens (including phenoxy) is 1. The molecule has 0 saturated carbocycles. The standard InChI is InChI=1S/C16H17N3O2S/c1-11-3-5-13(6-4-11)21-10-15(20)19-16(22)18-14-9-12(2)7-8-17-14/h3-9H,10H2,1-2H3,(H2,17,18,19,20,22). The number of hydrogen-bond acceptors (Lipinski definition) is 4. The Kier molecular flexibility index (Phi) is 5.43. The minimum atomic E-state index is -0.328. The number of anilines is 1. The minimum Gasteiger partial charge on any atom is -0.484 e. The Hall–Kier alpha value is -2.47. The summed E-state index contributed by atoms with van der Waals surface area (Å²) in [6.07, 6.45) is 1.67. The molecule has 0 aliphatic carbocycles. The SMILES string of the molecule is Cc1ccc(OCC(=O)NC(=S)Nc2cc(C)ccn2)cc1. The van der Waals surface area contributed by atoms with E-state index in [2.05, 4.69) is 15.6 Å². The normalized spacial score (nSPS) is 9.91. The maximum atomic E-state index is 11.8. The van der Waals surface area contributed by atoms with Crippen molar-refractivity contribution in [3.05, 3.63) is 53.7 Å². The van der Waals surface area contributed by atoms with Crippen molar-refractivity contribution in [1.82, 2.24) is 10.3 Å². The highest BCUT2D eigenvalue weighted by Crippen LogP contribution is 2.11. The third kappa shape index (κ3) is 5.14. The summed E-state index contributed by atoms with van der Waals surface area (Å²) >= 11 is 5.06. The van der Waals surface area contributed by atoms with Crippen LogP contribution in [0, 0.1) is 13.8 Å². The van der Waals surface area contributed by atoms with E-state index in [1.54, 1.807) is 6.20 Å². The van der Waals surface area contributed by atoms with E-state index in [-0.39, 0.29) is 17.6 Å². The first kappa shape index (κ1) is 15.9. The van der Waals surface area contributed by atoms with Gasteiger partial charge < -0.3 is 10.1 Å². The number of nitrogens with one attached hydrogen (secondary N) is 2. The number of benzene rings is 1. The van der Waals surface area contributed by atoms with E-state index in [1.807, 2.05) is 50.2 Å². The van der Waals surface area contributed by atoms with Crippen LogP contribution >= 0.6 is 12.2 Å². The summed E-state index contributed by atoms with van der Waals surface area (Å²) in [5, 5.41) is 5.59. The highest BCUT2D eigenvalue weighted by Gasteiger charge is 2.06. The molecule has 2 rings (SSSR count). The zero-order chi connectivity index (χ0) is 15.9. The third-order valence-corrected chi connectivity index (χ3v) is 3.01. The molecule has 5 nitrogen and oxygen atoms in total. The van der Waals surface area contributed by atoms with E-state index < -0.39 is 0 Å². The molecular weight excluding hydrogens is 298 g/mol. The molecule has 1 aromatic carbocycles. The molecule has 1 heterocycles. The van der Waals surface area contributed by atoms with Crippen molar-refractivity contribution < 1.29 is 9.53 Å². The first-order valence-corrected chi connectivity index (χ1v) is 7.17. The van der Waals surface area contributed by atoms with Crippen molar-refractivity contribution in [2.75, 3.05) is 11.9 Å². The number of rotatable bonds is 4. The van der Waals surface area contributed by atoms with Crippen molar-refractivity contribution in [3.8, 4) is 5.75 Å². The molecule has 0 saturated heterocycles. The van der Waals surface area contributed by atoms with Gasteiger partial charge in [-0.1, -0.05) is 17.7 Å². The predicted molar refractivity (Wildman–Crippen MR) is 90.0 cm³/mol. The number of aryl methyl sites for hydroxylation is 2. The van der Waals surface area contributed by atoms with Gasteiger partial charge in [-0.25, -0.2) is 4.98 Å². The summed E-state index contributed by atoms with van der Waals surface area (Å²) in [5.74, 6) is 0.899. The number of aromatic nitrogens is 1. The van der Waals surface area contributed by atoms with Gasteiger partial charge >= 0.3 is 0 Å². The maximum Gasteiger partial charge on any atom is 0.264 e. The van der Waals surface area contributed by atoms with Gasteiger partial charge in [-0.3, -0.25) is 10.1 Å². The number of pyridine rings is 1. The van der Waals surface area contributed by atoms with Gasteiger partial charge in [-0.15, -0.1) is 0 Å². The van der Waals surface area contributed by atoms with E-state index in [0.29, 0.717) is 11.6 Å². The topological polar surface area (TPSA) is 63.2 Å². The molecule has 6 heteroatoms. The fourth-order valence-electron chi connectivity index (χ4n) is 1.70.